The molecule has 0 radical (unpaired) electrons. The highest BCUT2D eigenvalue weighted by atomic mass is 16.5. The number of imide groups is 1. The highest BCUT2D eigenvalue weighted by molar-refractivity contribution is 6.01. The lowest BCUT2D eigenvalue weighted by Gasteiger charge is -2.15. The Kier molecular flexibility index (Phi) is 5.02. The first kappa shape index (κ1) is 13.0. The largest absolute Gasteiger partial charge is 0.348 e. The lowest BCUT2D eigenvalue weighted by molar-refractivity contribution is -0.128. The third kappa shape index (κ3) is 3.49. The minimum atomic E-state index is -0.468. The Morgan fingerprint density at radius 2 is 1.71 bits per heavy atom. The van der Waals surface area contributed by atoms with Crippen molar-refractivity contribution in [1.82, 2.24) is 9.80 Å². The van der Waals surface area contributed by atoms with Crippen molar-refractivity contribution in [2.75, 3.05) is 33.2 Å². The van der Waals surface area contributed by atoms with Gasteiger partial charge in [0.1, 0.15) is 33.2 Å². The number of urea groups is 1. The zero-order valence-electron chi connectivity index (χ0n) is 9.22. The molecular weight excluding hydrogens is 224 g/mol. The Bertz CT molecular complexity index is 380. The maximum atomic E-state index is 11.7. The molecule has 0 aliphatic carbocycles. The lowest BCUT2D eigenvalue weighted by atomic mass is 10.6. The molecule has 0 aromatic heterocycles. The number of nitrogens with zero attached hydrogens (tertiary/aromatic N) is 2. The van der Waals surface area contributed by atoms with E-state index in [0.717, 1.165) is 4.90 Å². The minimum absolute atomic E-state index is 0.0135. The Morgan fingerprint density at radius 1 is 1.12 bits per heavy atom. The van der Waals surface area contributed by atoms with Crippen LogP contribution in [-0.4, -0.2) is 55.0 Å². The molecule has 90 valence electrons. The van der Waals surface area contributed by atoms with E-state index in [2.05, 4.69) is 11.8 Å². The van der Waals surface area contributed by atoms with Crippen LogP contribution in [0.2, 0.25) is 0 Å². The van der Waals surface area contributed by atoms with Gasteiger partial charge in [-0.05, 0) is 0 Å². The number of amides is 3. The number of ether oxygens (including phenoxy) is 2. The first-order valence-corrected chi connectivity index (χ1v) is 4.82. The van der Waals surface area contributed by atoms with Crippen LogP contribution in [0.3, 0.4) is 0 Å². The van der Waals surface area contributed by atoms with E-state index in [1.54, 1.807) is 0 Å². The Labute approximate surface area is 99.5 Å². The molecule has 0 N–H and O–H groups in total. The van der Waals surface area contributed by atoms with E-state index < -0.39 is 6.03 Å². The van der Waals surface area contributed by atoms with Gasteiger partial charge in [-0.2, -0.15) is 0 Å². The molecular formula is C11H12N2O4. The Morgan fingerprint density at radius 3 is 2.29 bits per heavy atom. The fraction of sp³-hybridized carbons (Fsp3) is 0.455. The van der Waals surface area contributed by atoms with E-state index in [-0.39, 0.29) is 39.1 Å². The molecule has 1 fully saturated rings. The van der Waals surface area contributed by atoms with Crippen LogP contribution < -0.4 is 0 Å². The van der Waals surface area contributed by atoms with Crippen LogP contribution in [0, 0.1) is 24.7 Å². The molecule has 0 atom stereocenters. The molecule has 1 saturated heterocycles. The molecule has 17 heavy (non-hydrogen) atoms. The van der Waals surface area contributed by atoms with E-state index in [1.165, 1.54) is 4.90 Å². The van der Waals surface area contributed by atoms with Crippen molar-refractivity contribution in [3.05, 3.63) is 0 Å². The molecule has 0 saturated carbocycles. The number of hydrogen-bond donors (Lipinski definition) is 0. The van der Waals surface area contributed by atoms with Crippen molar-refractivity contribution in [1.29, 1.82) is 0 Å². The molecule has 1 heterocycles. The molecule has 6 heteroatoms. The summed E-state index contributed by atoms with van der Waals surface area (Å²) in [5.74, 6) is 4.16. The minimum Gasteiger partial charge on any atom is -0.348 e. The van der Waals surface area contributed by atoms with Crippen molar-refractivity contribution >= 4 is 11.9 Å². The van der Waals surface area contributed by atoms with Crippen LogP contribution in [0.25, 0.3) is 0 Å². The summed E-state index contributed by atoms with van der Waals surface area (Å²) in [4.78, 5) is 25.3. The Balaban J connectivity index is 2.42. The van der Waals surface area contributed by atoms with Crippen molar-refractivity contribution < 1.29 is 19.1 Å². The first-order chi connectivity index (χ1) is 8.20. The van der Waals surface area contributed by atoms with Gasteiger partial charge in [0.25, 0.3) is 5.91 Å². The van der Waals surface area contributed by atoms with E-state index >= 15 is 0 Å². The topological polar surface area (TPSA) is 59.1 Å². The van der Waals surface area contributed by atoms with E-state index in [0.29, 0.717) is 0 Å². The second kappa shape index (κ2) is 6.54. The van der Waals surface area contributed by atoms with Crippen molar-refractivity contribution in [3.63, 3.8) is 0 Å². The molecule has 1 rings (SSSR count). The summed E-state index contributed by atoms with van der Waals surface area (Å²) in [6, 6.07) is -0.468. The number of carbonyl (C=O) groups is 2. The van der Waals surface area contributed by atoms with Gasteiger partial charge in [-0.15, -0.1) is 12.8 Å². The molecule has 0 aromatic rings. The summed E-state index contributed by atoms with van der Waals surface area (Å²) in [6.45, 7) is -0.0625. The smallest absolute Gasteiger partial charge is 0.330 e. The van der Waals surface area contributed by atoms with Gasteiger partial charge in [-0.1, -0.05) is 11.8 Å². The van der Waals surface area contributed by atoms with Gasteiger partial charge >= 0.3 is 6.03 Å². The predicted octanol–water partition coefficient (Wildman–Crippen LogP) is -0.535. The van der Waals surface area contributed by atoms with Crippen LogP contribution in [0.1, 0.15) is 0 Å². The average molecular weight is 236 g/mol. The van der Waals surface area contributed by atoms with Gasteiger partial charge in [-0.3, -0.25) is 9.69 Å². The fourth-order valence-electron chi connectivity index (χ4n) is 1.23. The molecule has 1 aliphatic heterocycles. The fourth-order valence-corrected chi connectivity index (χ4v) is 1.23. The summed E-state index contributed by atoms with van der Waals surface area (Å²) in [6.07, 6.45) is 9.97. The zero-order chi connectivity index (χ0) is 12.7. The maximum Gasteiger partial charge on any atom is 0.330 e. The van der Waals surface area contributed by atoms with Gasteiger partial charge < -0.3 is 9.47 Å². The highest BCUT2D eigenvalue weighted by Crippen LogP contribution is 2.09. The molecule has 3 amide bonds. The normalized spacial score (nSPS) is 14.9. The monoisotopic (exact) mass is 236 g/mol. The Hall–Kier alpha value is -2.02. The van der Waals surface area contributed by atoms with Crippen molar-refractivity contribution in [3.8, 4) is 24.7 Å². The van der Waals surface area contributed by atoms with E-state index in [1.807, 2.05) is 0 Å². The van der Waals surface area contributed by atoms with Crippen LogP contribution in [0.5, 0.6) is 0 Å². The zero-order valence-corrected chi connectivity index (χ0v) is 9.22. The molecule has 6 nitrogen and oxygen atoms in total. The maximum absolute atomic E-state index is 11.7. The van der Waals surface area contributed by atoms with Gasteiger partial charge in [0, 0.05) is 0 Å². The van der Waals surface area contributed by atoms with Gasteiger partial charge in [0.05, 0.1) is 0 Å². The summed E-state index contributed by atoms with van der Waals surface area (Å²) >= 11 is 0. The first-order valence-electron chi connectivity index (χ1n) is 4.82. The van der Waals surface area contributed by atoms with Crippen molar-refractivity contribution in [2.45, 2.75) is 0 Å². The summed E-state index contributed by atoms with van der Waals surface area (Å²) in [5, 5.41) is 0. The third-order valence-electron chi connectivity index (χ3n) is 1.97. The second-order valence-corrected chi connectivity index (χ2v) is 3.17. The summed E-state index contributed by atoms with van der Waals surface area (Å²) in [5.41, 5.74) is 0. The van der Waals surface area contributed by atoms with Crippen LogP contribution >= 0.6 is 0 Å². The second-order valence-electron chi connectivity index (χ2n) is 3.17. The van der Waals surface area contributed by atoms with Gasteiger partial charge in [-0.25, -0.2) is 9.69 Å². The third-order valence-corrected chi connectivity index (χ3v) is 1.97. The summed E-state index contributed by atoms with van der Waals surface area (Å²) in [7, 11) is 0. The van der Waals surface area contributed by atoms with Gasteiger partial charge in [0.2, 0.25) is 0 Å². The molecule has 0 unspecified atom stereocenters. The van der Waals surface area contributed by atoms with Crippen LogP contribution in [0.15, 0.2) is 0 Å². The number of hydrogen-bond acceptors (Lipinski definition) is 4. The van der Waals surface area contributed by atoms with Crippen LogP contribution in [-0.2, 0) is 14.3 Å². The van der Waals surface area contributed by atoms with Crippen LogP contribution in [0.4, 0.5) is 4.79 Å². The molecule has 1 aliphatic rings. The highest BCUT2D eigenvalue weighted by Gasteiger charge is 2.35. The average Bonchev–Trinajstić information content (AvgIpc) is 2.57. The summed E-state index contributed by atoms with van der Waals surface area (Å²) < 4.78 is 9.91. The van der Waals surface area contributed by atoms with E-state index in [9.17, 15) is 9.59 Å². The number of rotatable bonds is 6. The quantitative estimate of drug-likeness (QED) is 0.353. The van der Waals surface area contributed by atoms with Crippen molar-refractivity contribution in [2.24, 2.45) is 0 Å². The van der Waals surface area contributed by atoms with Gasteiger partial charge in [0.15, 0.2) is 0 Å². The lowest BCUT2D eigenvalue weighted by Crippen LogP contribution is -2.35. The van der Waals surface area contributed by atoms with E-state index in [4.69, 9.17) is 22.3 Å². The molecule has 0 bridgehead atoms. The standard InChI is InChI=1S/C11H12N2O4/c1-3-5-16-8-12-7-10(14)13(11(12)15)9-17-6-4-2/h1-2H,5-9H2. The number of terminal acetylenes is 2. The SMILES string of the molecule is C#CCOCN1CC(=O)N(COCC#C)C1=O. The molecule has 0 spiro atoms. The number of carbonyl (C=O) groups excluding carboxylic acids is 2. The molecule has 0 aromatic carbocycles. The predicted molar refractivity (Wildman–Crippen MR) is 58.3 cm³/mol.